The lowest BCUT2D eigenvalue weighted by Crippen LogP contribution is -1.96. The number of halogens is 1. The van der Waals surface area contributed by atoms with Crippen molar-refractivity contribution in [3.8, 4) is 17.4 Å². The van der Waals surface area contributed by atoms with E-state index in [0.29, 0.717) is 22.3 Å². The van der Waals surface area contributed by atoms with E-state index in [0.717, 1.165) is 0 Å². The maximum absolute atomic E-state index is 5.78. The van der Waals surface area contributed by atoms with E-state index in [2.05, 4.69) is 4.98 Å². The van der Waals surface area contributed by atoms with Crippen LogP contribution >= 0.6 is 11.6 Å². The molecule has 0 aliphatic heterocycles. The third-order valence-electron chi connectivity index (χ3n) is 2.13. The van der Waals surface area contributed by atoms with Crippen molar-refractivity contribution in [3.63, 3.8) is 0 Å². The molecule has 0 radical (unpaired) electrons. The summed E-state index contributed by atoms with van der Waals surface area (Å²) < 4.78 is 10.7. The van der Waals surface area contributed by atoms with E-state index in [1.165, 1.54) is 0 Å². The molecule has 4 nitrogen and oxygen atoms in total. The molecule has 0 spiro atoms. The van der Waals surface area contributed by atoms with Gasteiger partial charge in [0.05, 0.1) is 12.8 Å². The summed E-state index contributed by atoms with van der Waals surface area (Å²) in [6, 6.07) is 10.5. The molecule has 0 atom stereocenters. The number of pyridine rings is 1. The van der Waals surface area contributed by atoms with Gasteiger partial charge in [-0.3, -0.25) is 0 Å². The molecule has 88 valence electrons. The molecule has 0 aliphatic rings. The summed E-state index contributed by atoms with van der Waals surface area (Å²) in [5.74, 6) is 1.41. The molecule has 0 aliphatic carbocycles. The molecule has 1 aromatic carbocycles. The molecule has 1 heterocycles. The fourth-order valence-electron chi connectivity index (χ4n) is 1.32. The topological polar surface area (TPSA) is 57.4 Å². The van der Waals surface area contributed by atoms with Gasteiger partial charge in [0.15, 0.2) is 11.5 Å². The van der Waals surface area contributed by atoms with Gasteiger partial charge in [0.2, 0.25) is 5.88 Å². The molecule has 2 N–H and O–H groups in total. The number of hydrogen-bond donors (Lipinski definition) is 1. The molecule has 0 saturated heterocycles. The fraction of sp³-hybridized carbons (Fsp3) is 0.0833. The number of para-hydroxylation sites is 2. The monoisotopic (exact) mass is 250 g/mol. The molecule has 2 aromatic rings. The van der Waals surface area contributed by atoms with Gasteiger partial charge in [-0.1, -0.05) is 23.7 Å². The minimum Gasteiger partial charge on any atom is -0.493 e. The Kier molecular flexibility index (Phi) is 3.35. The molecule has 17 heavy (non-hydrogen) atoms. The smallest absolute Gasteiger partial charge is 0.244 e. The Hall–Kier alpha value is -1.94. The highest BCUT2D eigenvalue weighted by atomic mass is 35.5. The molecule has 2 rings (SSSR count). The summed E-state index contributed by atoms with van der Waals surface area (Å²) in [7, 11) is 1.57. The first kappa shape index (κ1) is 11.5. The summed E-state index contributed by atoms with van der Waals surface area (Å²) in [5, 5.41) is 0.323. The van der Waals surface area contributed by atoms with Crippen molar-refractivity contribution < 1.29 is 9.47 Å². The summed E-state index contributed by atoms with van der Waals surface area (Å²) in [6.07, 6.45) is 0. The normalized spacial score (nSPS) is 10.0. The van der Waals surface area contributed by atoms with Crippen LogP contribution in [0.3, 0.4) is 0 Å². The maximum atomic E-state index is 5.78. The second-order valence-corrected chi connectivity index (χ2v) is 3.67. The van der Waals surface area contributed by atoms with Crippen LogP contribution in [0.4, 0.5) is 5.69 Å². The average Bonchev–Trinajstić information content (AvgIpc) is 2.34. The van der Waals surface area contributed by atoms with Crippen molar-refractivity contribution in [2.24, 2.45) is 0 Å². The largest absolute Gasteiger partial charge is 0.493 e. The summed E-state index contributed by atoms with van der Waals surface area (Å²) in [6.45, 7) is 0. The predicted octanol–water partition coefficient (Wildman–Crippen LogP) is 3.12. The lowest BCUT2D eigenvalue weighted by Gasteiger charge is -2.10. The van der Waals surface area contributed by atoms with Crippen molar-refractivity contribution in [1.82, 2.24) is 4.98 Å². The molecular formula is C12H11ClN2O2. The zero-order chi connectivity index (χ0) is 12.3. The van der Waals surface area contributed by atoms with E-state index in [4.69, 9.17) is 26.8 Å². The van der Waals surface area contributed by atoms with E-state index in [-0.39, 0.29) is 5.88 Å². The van der Waals surface area contributed by atoms with E-state index < -0.39 is 0 Å². The van der Waals surface area contributed by atoms with Crippen LogP contribution in [-0.4, -0.2) is 12.1 Å². The second-order valence-electron chi connectivity index (χ2n) is 3.28. The Morgan fingerprint density at radius 2 is 1.82 bits per heavy atom. The maximum Gasteiger partial charge on any atom is 0.244 e. The standard InChI is InChI=1S/C12H11ClN2O2/c1-16-9-4-2-3-5-10(9)17-12-8(14)6-7-11(13)15-12/h2-7H,14H2,1H3. The Bertz CT molecular complexity index is 532. The van der Waals surface area contributed by atoms with Crippen molar-refractivity contribution in [2.45, 2.75) is 0 Å². The lowest BCUT2D eigenvalue weighted by atomic mass is 10.3. The SMILES string of the molecule is COc1ccccc1Oc1nc(Cl)ccc1N. The van der Waals surface area contributed by atoms with Crippen LogP contribution in [0, 0.1) is 0 Å². The van der Waals surface area contributed by atoms with Crippen molar-refractivity contribution >= 4 is 17.3 Å². The average molecular weight is 251 g/mol. The molecule has 5 heteroatoms. The van der Waals surface area contributed by atoms with Gasteiger partial charge in [-0.25, -0.2) is 0 Å². The first-order valence-electron chi connectivity index (χ1n) is 4.93. The highest BCUT2D eigenvalue weighted by Gasteiger charge is 2.08. The van der Waals surface area contributed by atoms with Crippen molar-refractivity contribution in [2.75, 3.05) is 12.8 Å². The first-order valence-corrected chi connectivity index (χ1v) is 5.31. The van der Waals surface area contributed by atoms with Gasteiger partial charge < -0.3 is 15.2 Å². The summed E-state index contributed by atoms with van der Waals surface area (Å²) >= 11 is 5.78. The number of nitrogens with zero attached hydrogens (tertiary/aromatic N) is 1. The Balaban J connectivity index is 2.34. The van der Waals surface area contributed by atoms with Crippen molar-refractivity contribution in [3.05, 3.63) is 41.6 Å². The van der Waals surface area contributed by atoms with Crippen LogP contribution in [0.5, 0.6) is 17.4 Å². The number of nitrogens with two attached hydrogens (primary N) is 1. The van der Waals surface area contributed by atoms with E-state index in [1.807, 2.05) is 12.1 Å². The quantitative estimate of drug-likeness (QED) is 0.851. The van der Waals surface area contributed by atoms with Gasteiger partial charge >= 0.3 is 0 Å². The fourth-order valence-corrected chi connectivity index (χ4v) is 1.46. The second kappa shape index (κ2) is 4.93. The first-order chi connectivity index (χ1) is 8.20. The Morgan fingerprint density at radius 3 is 2.53 bits per heavy atom. The Labute approximate surface area is 104 Å². The number of nitrogen functional groups attached to an aromatic ring is 1. The van der Waals surface area contributed by atoms with E-state index >= 15 is 0 Å². The highest BCUT2D eigenvalue weighted by molar-refractivity contribution is 6.29. The highest BCUT2D eigenvalue weighted by Crippen LogP contribution is 2.33. The van der Waals surface area contributed by atoms with Gasteiger partial charge in [0.25, 0.3) is 0 Å². The molecule has 1 aromatic heterocycles. The molecule has 0 fully saturated rings. The van der Waals surface area contributed by atoms with Crippen LogP contribution in [0.15, 0.2) is 36.4 Å². The minimum absolute atomic E-state index is 0.266. The predicted molar refractivity (Wildman–Crippen MR) is 66.7 cm³/mol. The van der Waals surface area contributed by atoms with Gasteiger partial charge in [0.1, 0.15) is 5.15 Å². The number of aromatic nitrogens is 1. The lowest BCUT2D eigenvalue weighted by molar-refractivity contribution is 0.375. The third-order valence-corrected chi connectivity index (χ3v) is 2.34. The summed E-state index contributed by atoms with van der Waals surface area (Å²) in [4.78, 5) is 4.01. The van der Waals surface area contributed by atoms with E-state index in [1.54, 1.807) is 31.4 Å². The van der Waals surface area contributed by atoms with Gasteiger partial charge in [-0.2, -0.15) is 4.98 Å². The third kappa shape index (κ3) is 2.60. The molecule has 0 saturated carbocycles. The van der Waals surface area contributed by atoms with Crippen LogP contribution in [0.2, 0.25) is 5.15 Å². The van der Waals surface area contributed by atoms with Gasteiger partial charge in [0, 0.05) is 0 Å². The van der Waals surface area contributed by atoms with Crippen LogP contribution < -0.4 is 15.2 Å². The number of ether oxygens (including phenoxy) is 2. The zero-order valence-electron chi connectivity index (χ0n) is 9.18. The van der Waals surface area contributed by atoms with Gasteiger partial charge in [-0.15, -0.1) is 0 Å². The molecule has 0 unspecified atom stereocenters. The van der Waals surface area contributed by atoms with Gasteiger partial charge in [-0.05, 0) is 24.3 Å². The molecule has 0 bridgehead atoms. The number of rotatable bonds is 3. The van der Waals surface area contributed by atoms with Crippen LogP contribution in [0.1, 0.15) is 0 Å². The Morgan fingerprint density at radius 1 is 1.12 bits per heavy atom. The number of anilines is 1. The number of hydrogen-bond acceptors (Lipinski definition) is 4. The zero-order valence-corrected chi connectivity index (χ0v) is 9.94. The van der Waals surface area contributed by atoms with Crippen molar-refractivity contribution in [1.29, 1.82) is 0 Å². The summed E-state index contributed by atoms with van der Waals surface area (Å²) in [5.41, 5.74) is 6.16. The van der Waals surface area contributed by atoms with Crippen LogP contribution in [-0.2, 0) is 0 Å². The van der Waals surface area contributed by atoms with Crippen LogP contribution in [0.25, 0.3) is 0 Å². The minimum atomic E-state index is 0.266. The van der Waals surface area contributed by atoms with E-state index in [9.17, 15) is 0 Å². The number of methoxy groups -OCH3 is 1. The molecule has 0 amide bonds. The molecular weight excluding hydrogens is 240 g/mol. The number of benzene rings is 1.